The van der Waals surface area contributed by atoms with Gasteiger partial charge in [-0.2, -0.15) is 5.10 Å². The Hall–Kier alpha value is -1.51. The molecule has 1 saturated carbocycles. The maximum atomic E-state index is 13.1. The highest BCUT2D eigenvalue weighted by Gasteiger charge is 2.50. The Morgan fingerprint density at radius 2 is 2.23 bits per heavy atom. The highest BCUT2D eigenvalue weighted by molar-refractivity contribution is 5.83. The van der Waals surface area contributed by atoms with Gasteiger partial charge in [0, 0.05) is 32.2 Å². The molecule has 1 aromatic rings. The number of hydrogen-bond acceptors (Lipinski definition) is 6. The van der Waals surface area contributed by atoms with Gasteiger partial charge in [-0.05, 0) is 38.1 Å². The molecule has 3 heterocycles. The van der Waals surface area contributed by atoms with E-state index in [9.17, 15) is 4.79 Å². The maximum absolute atomic E-state index is 13.1. The summed E-state index contributed by atoms with van der Waals surface area (Å²) in [6.45, 7) is 6.85. The minimum atomic E-state index is -0.247. The molecule has 0 bridgehead atoms. The average Bonchev–Trinajstić information content (AvgIpc) is 3.21. The van der Waals surface area contributed by atoms with E-state index >= 15 is 0 Å². The summed E-state index contributed by atoms with van der Waals surface area (Å²) >= 11 is 0. The first kappa shape index (κ1) is 17.9. The van der Waals surface area contributed by atoms with Crippen LogP contribution >= 0.6 is 0 Å². The van der Waals surface area contributed by atoms with Gasteiger partial charge >= 0.3 is 0 Å². The molecule has 1 aliphatic carbocycles. The second kappa shape index (κ2) is 8.02. The lowest BCUT2D eigenvalue weighted by molar-refractivity contribution is -0.140. The van der Waals surface area contributed by atoms with Crippen LogP contribution in [-0.2, 0) is 16.1 Å². The summed E-state index contributed by atoms with van der Waals surface area (Å²) in [5.41, 5.74) is -0.247. The number of hydrogen-bond donors (Lipinski definition) is 2. The molecule has 0 unspecified atom stereocenters. The Labute approximate surface area is 154 Å². The fraction of sp³-hybridized carbons (Fsp3) is 0.833. The Balaban J connectivity index is 1.37. The Morgan fingerprint density at radius 1 is 1.35 bits per heavy atom. The van der Waals surface area contributed by atoms with Crippen LogP contribution in [0.3, 0.4) is 0 Å². The molecule has 2 saturated heterocycles. The highest BCUT2D eigenvalue weighted by atomic mass is 16.5. The van der Waals surface area contributed by atoms with Crippen molar-refractivity contribution in [2.24, 2.45) is 11.3 Å². The van der Waals surface area contributed by atoms with E-state index < -0.39 is 0 Å². The highest BCUT2D eigenvalue weighted by Crippen LogP contribution is 2.46. The Bertz CT molecular complexity index is 589. The van der Waals surface area contributed by atoms with Crippen molar-refractivity contribution in [2.45, 2.75) is 38.3 Å². The fourth-order valence-corrected chi connectivity index (χ4v) is 4.98. The second-order valence-electron chi connectivity index (χ2n) is 7.81. The molecule has 0 spiro atoms. The molecule has 26 heavy (non-hydrogen) atoms. The Kier molecular flexibility index (Phi) is 5.52. The lowest BCUT2D eigenvalue weighted by Gasteiger charge is -2.50. The summed E-state index contributed by atoms with van der Waals surface area (Å²) < 4.78 is 7.26. The molecule has 2 aliphatic heterocycles. The molecule has 3 aliphatic rings. The van der Waals surface area contributed by atoms with Crippen molar-refractivity contribution < 1.29 is 9.53 Å². The number of carbonyl (C=O) groups excluding carboxylic acids is 1. The number of aromatic nitrogens is 3. The van der Waals surface area contributed by atoms with Crippen LogP contribution in [0.2, 0.25) is 0 Å². The lowest BCUT2D eigenvalue weighted by Crippen LogP contribution is -2.60. The first-order chi connectivity index (χ1) is 12.8. The van der Waals surface area contributed by atoms with Gasteiger partial charge in [-0.25, -0.2) is 4.98 Å². The average molecular weight is 362 g/mol. The Morgan fingerprint density at radius 3 is 3.04 bits per heavy atom. The SMILES string of the molecule is O=C(NCCn1cncn1)[C@@]12CC[C@H](N3CCOCC3)C[C@H]1CCNC2. The summed E-state index contributed by atoms with van der Waals surface area (Å²) in [6, 6.07) is 0.609. The zero-order chi connectivity index (χ0) is 17.8. The van der Waals surface area contributed by atoms with Gasteiger partial charge < -0.3 is 15.4 Å². The molecule has 0 aromatic carbocycles. The number of ether oxygens (including phenoxy) is 1. The van der Waals surface area contributed by atoms with Gasteiger partial charge in [0.1, 0.15) is 12.7 Å². The van der Waals surface area contributed by atoms with E-state index in [0.717, 1.165) is 65.1 Å². The predicted molar refractivity (Wildman–Crippen MR) is 96.5 cm³/mol. The van der Waals surface area contributed by atoms with Crippen LogP contribution in [0.15, 0.2) is 12.7 Å². The number of morpholine rings is 1. The third kappa shape index (κ3) is 3.63. The van der Waals surface area contributed by atoms with Crippen LogP contribution in [0.25, 0.3) is 0 Å². The number of amides is 1. The molecular formula is C18H30N6O2. The van der Waals surface area contributed by atoms with Gasteiger partial charge in [0.05, 0.1) is 25.2 Å². The van der Waals surface area contributed by atoms with Crippen LogP contribution in [0.5, 0.6) is 0 Å². The van der Waals surface area contributed by atoms with Crippen molar-refractivity contribution in [1.82, 2.24) is 30.3 Å². The van der Waals surface area contributed by atoms with Crippen molar-refractivity contribution >= 4 is 5.91 Å². The van der Waals surface area contributed by atoms with Gasteiger partial charge in [0.25, 0.3) is 0 Å². The van der Waals surface area contributed by atoms with E-state index in [0.29, 0.717) is 25.0 Å². The van der Waals surface area contributed by atoms with Gasteiger partial charge in [0.2, 0.25) is 5.91 Å². The van der Waals surface area contributed by atoms with E-state index in [2.05, 4.69) is 25.6 Å². The summed E-state index contributed by atoms with van der Waals surface area (Å²) in [5, 5.41) is 10.7. The normalized spacial score (nSPS) is 32.8. The molecule has 4 rings (SSSR count). The molecule has 8 heteroatoms. The third-order valence-corrected chi connectivity index (χ3v) is 6.48. The van der Waals surface area contributed by atoms with E-state index in [-0.39, 0.29) is 11.3 Å². The minimum Gasteiger partial charge on any atom is -0.379 e. The number of piperidine rings is 1. The van der Waals surface area contributed by atoms with Crippen LogP contribution in [-0.4, -0.2) is 77.6 Å². The van der Waals surface area contributed by atoms with Crippen molar-refractivity contribution in [1.29, 1.82) is 0 Å². The molecule has 3 atom stereocenters. The van der Waals surface area contributed by atoms with Gasteiger partial charge in [-0.15, -0.1) is 0 Å². The largest absolute Gasteiger partial charge is 0.379 e. The van der Waals surface area contributed by atoms with Crippen LogP contribution in [0, 0.1) is 11.3 Å². The molecule has 8 nitrogen and oxygen atoms in total. The van der Waals surface area contributed by atoms with Gasteiger partial charge in [-0.3, -0.25) is 14.4 Å². The predicted octanol–water partition coefficient (Wildman–Crippen LogP) is -0.125. The molecule has 1 aromatic heterocycles. The van der Waals surface area contributed by atoms with E-state index in [1.165, 1.54) is 6.33 Å². The number of carbonyl (C=O) groups is 1. The zero-order valence-electron chi connectivity index (χ0n) is 15.4. The number of rotatable bonds is 5. The summed E-state index contributed by atoms with van der Waals surface area (Å²) in [7, 11) is 0. The second-order valence-corrected chi connectivity index (χ2v) is 7.81. The van der Waals surface area contributed by atoms with E-state index in [4.69, 9.17) is 4.74 Å². The first-order valence-electron chi connectivity index (χ1n) is 9.91. The lowest BCUT2D eigenvalue weighted by atomic mass is 9.61. The van der Waals surface area contributed by atoms with Gasteiger partial charge in [0.15, 0.2) is 0 Å². The minimum absolute atomic E-state index is 0.218. The smallest absolute Gasteiger partial charge is 0.227 e. The molecule has 2 N–H and O–H groups in total. The summed E-state index contributed by atoms with van der Waals surface area (Å²) in [4.78, 5) is 19.7. The van der Waals surface area contributed by atoms with Crippen molar-refractivity contribution in [3.05, 3.63) is 12.7 Å². The first-order valence-corrected chi connectivity index (χ1v) is 9.91. The quantitative estimate of drug-likeness (QED) is 0.759. The summed E-state index contributed by atoms with van der Waals surface area (Å²) in [6.07, 6.45) is 7.52. The fourth-order valence-electron chi connectivity index (χ4n) is 4.98. The van der Waals surface area contributed by atoms with Crippen molar-refractivity contribution in [3.8, 4) is 0 Å². The molecule has 0 radical (unpaired) electrons. The third-order valence-electron chi connectivity index (χ3n) is 6.48. The number of nitrogens with zero attached hydrogens (tertiary/aromatic N) is 4. The topological polar surface area (TPSA) is 84.3 Å². The molecule has 1 amide bonds. The van der Waals surface area contributed by atoms with E-state index in [1.54, 1.807) is 11.0 Å². The molecule has 144 valence electrons. The van der Waals surface area contributed by atoms with Crippen LogP contribution in [0.4, 0.5) is 0 Å². The van der Waals surface area contributed by atoms with E-state index in [1.807, 2.05) is 0 Å². The monoisotopic (exact) mass is 362 g/mol. The van der Waals surface area contributed by atoms with Gasteiger partial charge in [-0.1, -0.05) is 0 Å². The zero-order valence-corrected chi connectivity index (χ0v) is 15.4. The summed E-state index contributed by atoms with van der Waals surface area (Å²) in [5.74, 6) is 0.687. The standard InChI is InChI=1S/C18H30N6O2/c25-17(21-5-6-24-14-20-13-22-24)18-3-1-16(23-7-9-26-10-8-23)11-15(18)2-4-19-12-18/h13-16,19H,1-12H2,(H,21,25)/t15-,16+,18-/m1/s1. The molecule has 3 fully saturated rings. The maximum Gasteiger partial charge on any atom is 0.227 e. The van der Waals surface area contributed by atoms with Crippen LogP contribution in [0.1, 0.15) is 25.7 Å². The number of fused-ring (bicyclic) bond motifs is 1. The van der Waals surface area contributed by atoms with Crippen molar-refractivity contribution in [2.75, 3.05) is 45.9 Å². The van der Waals surface area contributed by atoms with Crippen LogP contribution < -0.4 is 10.6 Å². The molecular weight excluding hydrogens is 332 g/mol. The number of nitrogens with one attached hydrogen (secondary N) is 2. The van der Waals surface area contributed by atoms with Crippen molar-refractivity contribution in [3.63, 3.8) is 0 Å².